The number of hydrogen-bond acceptors (Lipinski definition) is 10. The van der Waals surface area contributed by atoms with Crippen LogP contribution in [0.3, 0.4) is 0 Å². The van der Waals surface area contributed by atoms with Crippen LogP contribution >= 0.6 is 22.8 Å². The Balaban J connectivity index is -0.00000121. The largest absolute Gasteiger partial charge is 1.00 e. The topological polar surface area (TPSA) is 151 Å². The van der Waals surface area contributed by atoms with Gasteiger partial charge in [-0.2, -0.15) is 0 Å². The van der Waals surface area contributed by atoms with Gasteiger partial charge in [-0.3, -0.25) is 9.46 Å². The number of hydrogen-bond donors (Lipinski definition) is 0. The van der Waals surface area contributed by atoms with Gasteiger partial charge in [0, 0.05) is 6.29 Å². The molecule has 0 aromatic carbocycles. The smallest absolute Gasteiger partial charge is 0.810 e. The molecular formula is C15H33K3NO9P3. The van der Waals surface area contributed by atoms with Gasteiger partial charge in [0.15, 0.2) is 0 Å². The molecule has 31 heavy (non-hydrogen) atoms. The van der Waals surface area contributed by atoms with Crippen LogP contribution in [-0.2, 0) is 27.3 Å². The Kier molecular flexibility index (Phi) is 34.1. The van der Waals surface area contributed by atoms with Gasteiger partial charge in [-0.05, 0) is 19.3 Å². The number of rotatable bonds is 18. The third kappa shape index (κ3) is 26.7. The van der Waals surface area contributed by atoms with Gasteiger partial charge < -0.3 is 37.4 Å². The second kappa shape index (κ2) is 24.4. The van der Waals surface area contributed by atoms with Crippen molar-refractivity contribution in [1.82, 2.24) is 4.90 Å². The third-order valence-electron chi connectivity index (χ3n) is 3.48. The van der Waals surface area contributed by atoms with Gasteiger partial charge in [0.2, 0.25) is 0 Å². The molecule has 0 bridgehead atoms. The minimum absolute atomic E-state index is 0. The minimum atomic E-state index is -5.11. The molecule has 0 aliphatic carbocycles. The first-order valence-electron chi connectivity index (χ1n) is 9.53. The van der Waals surface area contributed by atoms with E-state index >= 15 is 0 Å². The Bertz CT molecular complexity index is 555. The Morgan fingerprint density at radius 1 is 0.645 bits per heavy atom. The minimum Gasteiger partial charge on any atom is -0.810 e. The molecule has 0 aliphatic heterocycles. The van der Waals surface area contributed by atoms with Gasteiger partial charge >= 0.3 is 162 Å². The van der Waals surface area contributed by atoms with Crippen LogP contribution in [0.25, 0.3) is 0 Å². The molecule has 16 heteroatoms. The van der Waals surface area contributed by atoms with E-state index in [1.165, 1.54) is 0 Å². The van der Waals surface area contributed by atoms with E-state index in [0.29, 0.717) is 25.7 Å². The van der Waals surface area contributed by atoms with E-state index in [0.717, 1.165) is 17.7 Å². The van der Waals surface area contributed by atoms with Crippen LogP contribution in [0.15, 0.2) is 0 Å². The molecule has 1 atom stereocenters. The number of unbranched alkanes of at least 4 members (excludes halogenated alkanes) is 3. The monoisotopic (exact) mass is 581 g/mol. The summed E-state index contributed by atoms with van der Waals surface area (Å²) < 4.78 is 51.8. The van der Waals surface area contributed by atoms with Gasteiger partial charge in [0.05, 0.1) is 26.1 Å². The average molecular weight is 582 g/mol. The predicted molar refractivity (Wildman–Crippen MR) is 102 cm³/mol. The van der Waals surface area contributed by atoms with E-state index in [-0.39, 0.29) is 174 Å². The summed E-state index contributed by atoms with van der Waals surface area (Å²) in [6, 6.07) is 0. The first-order chi connectivity index (χ1) is 13.0. The molecule has 170 valence electrons. The predicted octanol–water partition coefficient (Wildman–Crippen LogP) is -6.72. The quantitative estimate of drug-likeness (QED) is 0.0868. The fraction of sp³-hybridized carbons (Fsp3) is 1.00. The molecule has 0 heterocycles. The summed E-state index contributed by atoms with van der Waals surface area (Å²) in [5, 5.41) is 0. The van der Waals surface area contributed by atoms with Gasteiger partial charge in [-0.1, -0.05) is 47.6 Å². The Morgan fingerprint density at radius 3 is 1.39 bits per heavy atom. The van der Waals surface area contributed by atoms with Crippen LogP contribution in [-0.4, -0.2) is 43.6 Å². The molecule has 0 aromatic rings. The standard InChI is InChI=1S/C15H36NO9P3.3K/c1-4-7-10-23-27(20,21)14-16(13-26(17,18)19)15-28(22,24-11-8-5-2)25-12-9-6-3;;;/h4-15H2,1-3H3,(H,20,21)(H2,17,18,19);;;/q;3*+1/p-3. The van der Waals surface area contributed by atoms with Crippen molar-refractivity contribution in [2.24, 2.45) is 0 Å². The van der Waals surface area contributed by atoms with Crippen LogP contribution in [0.5, 0.6) is 0 Å². The van der Waals surface area contributed by atoms with Crippen LogP contribution in [0.1, 0.15) is 59.3 Å². The molecule has 0 spiro atoms. The van der Waals surface area contributed by atoms with Crippen LogP contribution < -0.4 is 169 Å². The summed E-state index contributed by atoms with van der Waals surface area (Å²) in [5.74, 6) is 0. The Morgan fingerprint density at radius 2 is 1.03 bits per heavy atom. The summed E-state index contributed by atoms with van der Waals surface area (Å²) in [6.45, 7) is 5.85. The summed E-state index contributed by atoms with van der Waals surface area (Å²) in [6.07, 6.45) is 1.35. The number of nitrogens with zero attached hydrogens (tertiary/aromatic N) is 1. The van der Waals surface area contributed by atoms with Gasteiger partial charge in [-0.15, -0.1) is 0 Å². The van der Waals surface area contributed by atoms with Crippen LogP contribution in [0, 0.1) is 0 Å². The van der Waals surface area contributed by atoms with Crippen molar-refractivity contribution in [2.45, 2.75) is 59.3 Å². The van der Waals surface area contributed by atoms with Crippen molar-refractivity contribution in [3.8, 4) is 0 Å². The Labute approximate surface area is 314 Å². The molecule has 0 saturated carbocycles. The summed E-state index contributed by atoms with van der Waals surface area (Å²) >= 11 is 0. The maximum absolute atomic E-state index is 13.0. The molecule has 0 amide bonds. The average Bonchev–Trinajstić information content (AvgIpc) is 2.53. The van der Waals surface area contributed by atoms with E-state index in [1.54, 1.807) is 0 Å². The van der Waals surface area contributed by atoms with Crippen molar-refractivity contribution >= 4 is 22.8 Å². The summed E-state index contributed by atoms with van der Waals surface area (Å²) in [5.41, 5.74) is 0. The molecule has 0 aliphatic rings. The summed E-state index contributed by atoms with van der Waals surface area (Å²) in [4.78, 5) is 35.3. The maximum Gasteiger partial charge on any atom is 1.00 e. The molecule has 0 radical (unpaired) electrons. The van der Waals surface area contributed by atoms with Crippen LogP contribution in [0.4, 0.5) is 0 Å². The molecule has 0 aromatic heterocycles. The SMILES string of the molecule is CCCCOP(=O)([O-])CN(CP(=O)([O-])[O-])CP(=O)(OCCCC)OCCCC.[K+].[K+].[K+]. The molecule has 0 rings (SSSR count). The fourth-order valence-corrected chi connectivity index (χ4v) is 6.16. The molecule has 0 N–H and O–H groups in total. The van der Waals surface area contributed by atoms with Gasteiger partial charge in [-0.25, -0.2) is 0 Å². The zero-order valence-corrected chi connectivity index (χ0v) is 32.0. The molecule has 0 fully saturated rings. The van der Waals surface area contributed by atoms with E-state index in [4.69, 9.17) is 13.6 Å². The van der Waals surface area contributed by atoms with Gasteiger partial charge in [0.25, 0.3) is 0 Å². The van der Waals surface area contributed by atoms with E-state index in [2.05, 4.69) is 0 Å². The van der Waals surface area contributed by atoms with E-state index < -0.39 is 41.6 Å². The van der Waals surface area contributed by atoms with Crippen molar-refractivity contribution in [3.05, 3.63) is 0 Å². The van der Waals surface area contributed by atoms with Crippen molar-refractivity contribution < 1.29 is 196 Å². The normalized spacial score (nSPS) is 13.6. The second-order valence-electron chi connectivity index (χ2n) is 6.49. The van der Waals surface area contributed by atoms with Crippen molar-refractivity contribution in [1.29, 1.82) is 0 Å². The van der Waals surface area contributed by atoms with Crippen molar-refractivity contribution in [3.63, 3.8) is 0 Å². The maximum atomic E-state index is 13.0. The zero-order chi connectivity index (χ0) is 21.7. The second-order valence-corrected chi connectivity index (χ2v) is 11.8. The first kappa shape index (κ1) is 43.4. The third-order valence-corrected chi connectivity index (χ3v) is 7.44. The Hall–Kier alpha value is 5.32. The van der Waals surface area contributed by atoms with E-state index in [9.17, 15) is 28.4 Å². The zero-order valence-electron chi connectivity index (χ0n) is 19.9. The van der Waals surface area contributed by atoms with Crippen LogP contribution in [0.2, 0.25) is 0 Å². The van der Waals surface area contributed by atoms with E-state index in [1.807, 2.05) is 20.8 Å². The van der Waals surface area contributed by atoms with Gasteiger partial charge in [0.1, 0.15) is 13.9 Å². The first-order valence-corrected chi connectivity index (χ1v) is 14.7. The molecular weight excluding hydrogens is 548 g/mol. The summed E-state index contributed by atoms with van der Waals surface area (Å²) in [7, 11) is -13.4. The molecule has 1 unspecified atom stereocenters. The van der Waals surface area contributed by atoms with Crippen molar-refractivity contribution in [2.75, 3.05) is 38.7 Å². The molecule has 0 saturated heterocycles. The fourth-order valence-electron chi connectivity index (χ4n) is 2.07. The molecule has 10 nitrogen and oxygen atoms in total.